The molecule has 0 spiro atoms. The highest BCUT2D eigenvalue weighted by atomic mass is 35.5. The van der Waals surface area contributed by atoms with Crippen molar-refractivity contribution >= 4 is 11.6 Å². The highest BCUT2D eigenvalue weighted by Crippen LogP contribution is 2.28. The molecule has 1 rings (SSSR count). The van der Waals surface area contributed by atoms with E-state index < -0.39 is 0 Å². The van der Waals surface area contributed by atoms with Crippen LogP contribution in [0.2, 0.25) is 5.02 Å². The first-order valence-corrected chi connectivity index (χ1v) is 4.00. The Hall–Kier alpha value is -0.730. The second kappa shape index (κ2) is 3.78. The molecule has 0 aromatic heterocycles. The van der Waals surface area contributed by atoms with Crippen LogP contribution in [-0.4, -0.2) is 12.2 Å². The molecule has 1 aromatic carbocycles. The van der Waals surface area contributed by atoms with Gasteiger partial charge in [0.05, 0.1) is 18.7 Å². The first-order chi connectivity index (χ1) is 5.69. The molecule has 2 nitrogen and oxygen atoms in total. The van der Waals surface area contributed by atoms with Crippen molar-refractivity contribution in [2.75, 3.05) is 7.11 Å². The first kappa shape index (κ1) is 9.36. The standard InChI is InChI=1S/C9H11ClO2/c1-6-3-7(5-11)4-8(12-2)9(6)10/h3-4,11H,5H2,1-2H3. The van der Waals surface area contributed by atoms with Crippen molar-refractivity contribution in [3.8, 4) is 5.75 Å². The van der Waals surface area contributed by atoms with Gasteiger partial charge in [-0.25, -0.2) is 0 Å². The zero-order valence-electron chi connectivity index (χ0n) is 7.10. The molecule has 0 atom stereocenters. The van der Waals surface area contributed by atoms with E-state index in [2.05, 4.69) is 0 Å². The van der Waals surface area contributed by atoms with E-state index in [0.717, 1.165) is 11.1 Å². The van der Waals surface area contributed by atoms with Crippen LogP contribution in [0.25, 0.3) is 0 Å². The highest BCUT2D eigenvalue weighted by molar-refractivity contribution is 6.32. The Bertz CT molecular complexity index is 284. The van der Waals surface area contributed by atoms with Gasteiger partial charge in [0, 0.05) is 0 Å². The normalized spacial score (nSPS) is 10.0. The Morgan fingerprint density at radius 3 is 2.67 bits per heavy atom. The Morgan fingerprint density at radius 2 is 2.17 bits per heavy atom. The van der Waals surface area contributed by atoms with Crippen LogP contribution in [0.15, 0.2) is 12.1 Å². The fraction of sp³-hybridized carbons (Fsp3) is 0.333. The minimum absolute atomic E-state index is 0.00830. The minimum atomic E-state index is 0.00830. The van der Waals surface area contributed by atoms with Crippen molar-refractivity contribution in [2.45, 2.75) is 13.5 Å². The molecular formula is C9H11ClO2. The molecule has 1 aromatic rings. The lowest BCUT2D eigenvalue weighted by Crippen LogP contribution is -1.91. The number of aliphatic hydroxyl groups is 1. The Balaban J connectivity index is 3.19. The van der Waals surface area contributed by atoms with Gasteiger partial charge in [0.25, 0.3) is 0 Å². The summed E-state index contributed by atoms with van der Waals surface area (Å²) in [5.74, 6) is 0.612. The van der Waals surface area contributed by atoms with Crippen LogP contribution in [0.1, 0.15) is 11.1 Å². The number of aliphatic hydroxyl groups excluding tert-OH is 1. The maximum absolute atomic E-state index is 8.87. The summed E-state index contributed by atoms with van der Waals surface area (Å²) in [7, 11) is 1.56. The number of hydrogen-bond acceptors (Lipinski definition) is 2. The molecule has 0 aliphatic carbocycles. The number of rotatable bonds is 2. The Kier molecular flexibility index (Phi) is 2.95. The third-order valence-electron chi connectivity index (χ3n) is 1.68. The number of benzene rings is 1. The SMILES string of the molecule is COc1cc(CO)cc(C)c1Cl. The molecule has 0 radical (unpaired) electrons. The molecule has 0 aliphatic rings. The third-order valence-corrected chi connectivity index (χ3v) is 2.17. The van der Waals surface area contributed by atoms with Gasteiger partial charge in [-0.1, -0.05) is 17.7 Å². The maximum atomic E-state index is 8.87. The molecule has 12 heavy (non-hydrogen) atoms. The van der Waals surface area contributed by atoms with Crippen LogP contribution in [0.4, 0.5) is 0 Å². The van der Waals surface area contributed by atoms with Gasteiger partial charge in [0.1, 0.15) is 5.75 Å². The van der Waals surface area contributed by atoms with Crippen LogP contribution < -0.4 is 4.74 Å². The van der Waals surface area contributed by atoms with Gasteiger partial charge in [0.2, 0.25) is 0 Å². The van der Waals surface area contributed by atoms with Crippen LogP contribution >= 0.6 is 11.6 Å². The minimum Gasteiger partial charge on any atom is -0.495 e. The van der Waals surface area contributed by atoms with E-state index in [-0.39, 0.29) is 6.61 Å². The summed E-state index contributed by atoms with van der Waals surface area (Å²) in [5.41, 5.74) is 1.73. The summed E-state index contributed by atoms with van der Waals surface area (Å²) in [6.07, 6.45) is 0. The topological polar surface area (TPSA) is 29.5 Å². The van der Waals surface area contributed by atoms with Gasteiger partial charge in [0.15, 0.2) is 0 Å². The van der Waals surface area contributed by atoms with Crippen molar-refractivity contribution in [3.05, 3.63) is 28.3 Å². The zero-order valence-corrected chi connectivity index (χ0v) is 7.85. The van der Waals surface area contributed by atoms with Crippen molar-refractivity contribution in [2.24, 2.45) is 0 Å². The molecule has 0 heterocycles. The second-order valence-electron chi connectivity index (χ2n) is 2.59. The van der Waals surface area contributed by atoms with E-state index in [4.69, 9.17) is 21.4 Å². The molecule has 0 fully saturated rings. The van der Waals surface area contributed by atoms with Crippen LogP contribution in [-0.2, 0) is 6.61 Å². The molecule has 0 saturated carbocycles. The molecule has 0 amide bonds. The lowest BCUT2D eigenvalue weighted by Gasteiger charge is -2.07. The number of halogens is 1. The van der Waals surface area contributed by atoms with Gasteiger partial charge in [-0.15, -0.1) is 0 Å². The third kappa shape index (κ3) is 1.71. The van der Waals surface area contributed by atoms with Crippen molar-refractivity contribution in [1.82, 2.24) is 0 Å². The number of hydrogen-bond donors (Lipinski definition) is 1. The summed E-state index contributed by atoms with van der Waals surface area (Å²) >= 11 is 5.92. The predicted molar refractivity (Wildman–Crippen MR) is 48.7 cm³/mol. The zero-order chi connectivity index (χ0) is 9.14. The number of methoxy groups -OCH3 is 1. The monoisotopic (exact) mass is 186 g/mol. The predicted octanol–water partition coefficient (Wildman–Crippen LogP) is 2.15. The van der Waals surface area contributed by atoms with Crippen molar-refractivity contribution in [3.63, 3.8) is 0 Å². The van der Waals surface area contributed by atoms with Gasteiger partial charge in [-0.05, 0) is 24.1 Å². The first-order valence-electron chi connectivity index (χ1n) is 3.63. The van der Waals surface area contributed by atoms with E-state index in [9.17, 15) is 0 Å². The average molecular weight is 187 g/mol. The van der Waals surface area contributed by atoms with E-state index in [1.807, 2.05) is 13.0 Å². The molecule has 0 saturated heterocycles. The van der Waals surface area contributed by atoms with E-state index in [0.29, 0.717) is 10.8 Å². The average Bonchev–Trinajstić information content (AvgIpc) is 2.09. The van der Waals surface area contributed by atoms with Crippen molar-refractivity contribution in [1.29, 1.82) is 0 Å². The Morgan fingerprint density at radius 1 is 1.50 bits per heavy atom. The van der Waals surface area contributed by atoms with E-state index in [1.165, 1.54) is 0 Å². The van der Waals surface area contributed by atoms with E-state index >= 15 is 0 Å². The van der Waals surface area contributed by atoms with Crippen molar-refractivity contribution < 1.29 is 9.84 Å². The molecule has 3 heteroatoms. The molecule has 66 valence electrons. The van der Waals surface area contributed by atoms with Crippen LogP contribution in [0.5, 0.6) is 5.75 Å². The van der Waals surface area contributed by atoms with Gasteiger partial charge < -0.3 is 9.84 Å². The lowest BCUT2D eigenvalue weighted by molar-refractivity contribution is 0.281. The molecule has 0 bridgehead atoms. The largest absolute Gasteiger partial charge is 0.495 e. The van der Waals surface area contributed by atoms with E-state index in [1.54, 1.807) is 13.2 Å². The molecule has 0 aliphatic heterocycles. The quantitative estimate of drug-likeness (QED) is 0.767. The smallest absolute Gasteiger partial charge is 0.138 e. The van der Waals surface area contributed by atoms with Crippen LogP contribution in [0, 0.1) is 6.92 Å². The fourth-order valence-electron chi connectivity index (χ4n) is 1.05. The second-order valence-corrected chi connectivity index (χ2v) is 2.97. The van der Waals surface area contributed by atoms with Gasteiger partial charge in [-0.2, -0.15) is 0 Å². The van der Waals surface area contributed by atoms with Gasteiger partial charge in [-0.3, -0.25) is 0 Å². The molecule has 1 N–H and O–H groups in total. The molecule has 0 unspecified atom stereocenters. The Labute approximate surface area is 76.7 Å². The number of aryl methyl sites for hydroxylation is 1. The fourth-order valence-corrected chi connectivity index (χ4v) is 1.24. The summed E-state index contributed by atoms with van der Waals surface area (Å²) in [6, 6.07) is 3.57. The molecular weight excluding hydrogens is 176 g/mol. The summed E-state index contributed by atoms with van der Waals surface area (Å²) in [4.78, 5) is 0. The summed E-state index contributed by atoms with van der Waals surface area (Å²) in [6.45, 7) is 1.89. The highest BCUT2D eigenvalue weighted by Gasteiger charge is 2.05. The lowest BCUT2D eigenvalue weighted by atomic mass is 10.1. The number of ether oxygens (including phenoxy) is 1. The van der Waals surface area contributed by atoms with Gasteiger partial charge >= 0.3 is 0 Å². The summed E-state index contributed by atoms with van der Waals surface area (Å²) < 4.78 is 5.03. The maximum Gasteiger partial charge on any atom is 0.138 e. The van der Waals surface area contributed by atoms with Crippen LogP contribution in [0.3, 0.4) is 0 Å². The summed E-state index contributed by atoms with van der Waals surface area (Å²) in [5, 5.41) is 9.48.